The number of hydrogen-bond acceptors (Lipinski definition) is 8. The highest BCUT2D eigenvalue weighted by molar-refractivity contribution is 5.66. The van der Waals surface area contributed by atoms with Crippen LogP contribution in [0.2, 0.25) is 0 Å². The van der Waals surface area contributed by atoms with E-state index in [9.17, 15) is 18.3 Å². The lowest BCUT2D eigenvalue weighted by Gasteiger charge is -2.32. The van der Waals surface area contributed by atoms with Crippen LogP contribution in [0.5, 0.6) is 17.2 Å². The number of aliphatic hydroxyl groups excluding tert-OH is 1. The molecule has 2 N–H and O–H groups in total. The minimum atomic E-state index is -0.832. The summed E-state index contributed by atoms with van der Waals surface area (Å²) < 4.78 is 62.9. The molecular weight excluding hydrogens is 1110 g/mol. The normalized spacial score (nSPS) is 16.0. The molecule has 0 amide bonds. The SMILES string of the molecule is C1=CCC=CC1.COc1ccc(C(O)c2c(-c3ccc(F)cc3)nc3n2CCCC3(C)C)cc1.COc1ccc(Cc2c(-c3ccc(F)cc3)nc3n2CCCC3(C)C)cc1.COc1ccc(Cc2c(-c3ccc(F)cc3)nc3n2CCNC3(C)C)cc1. The van der Waals surface area contributed by atoms with Crippen LogP contribution in [0.1, 0.15) is 137 Å². The Morgan fingerprint density at radius 3 is 1.25 bits per heavy atom. The second-order valence-electron chi connectivity index (χ2n) is 24.8. The number of benzene rings is 6. The lowest BCUT2D eigenvalue weighted by molar-refractivity contribution is 0.205. The van der Waals surface area contributed by atoms with Crippen LogP contribution >= 0.6 is 0 Å². The topological polar surface area (TPSA) is 113 Å². The van der Waals surface area contributed by atoms with Gasteiger partial charge in [0.15, 0.2) is 0 Å². The van der Waals surface area contributed by atoms with Crippen LogP contribution < -0.4 is 19.5 Å². The summed E-state index contributed by atoms with van der Waals surface area (Å²) in [5.41, 5.74) is 11.4. The zero-order valence-corrected chi connectivity index (χ0v) is 52.2. The molecule has 0 saturated carbocycles. The fraction of sp³-hybridized carbons (Fsp3) is 0.338. The third-order valence-electron chi connectivity index (χ3n) is 17.2. The molecule has 14 heteroatoms. The number of methoxy groups -OCH3 is 3. The number of hydrogen-bond donors (Lipinski definition) is 2. The van der Waals surface area contributed by atoms with E-state index in [1.54, 1.807) is 33.5 Å². The number of nitrogens with one attached hydrogen (secondary N) is 1. The van der Waals surface area contributed by atoms with Crippen molar-refractivity contribution in [3.05, 3.63) is 239 Å². The van der Waals surface area contributed by atoms with Gasteiger partial charge in [-0.15, -0.1) is 0 Å². The molecule has 0 fully saturated rings. The van der Waals surface area contributed by atoms with Gasteiger partial charge in [0.05, 0.1) is 49.6 Å². The van der Waals surface area contributed by atoms with Crippen LogP contribution in [0.25, 0.3) is 33.8 Å². The Morgan fingerprint density at radius 1 is 0.466 bits per heavy atom. The first-order valence-electron chi connectivity index (χ1n) is 30.6. The van der Waals surface area contributed by atoms with Crippen molar-refractivity contribution in [2.45, 2.75) is 135 Å². The maximum absolute atomic E-state index is 13.5. The van der Waals surface area contributed by atoms with E-state index >= 15 is 0 Å². The number of rotatable bonds is 12. The van der Waals surface area contributed by atoms with Crippen molar-refractivity contribution in [3.63, 3.8) is 0 Å². The Bertz CT molecular complexity index is 3660. The van der Waals surface area contributed by atoms with Gasteiger partial charge >= 0.3 is 0 Å². The number of fused-ring (bicyclic) bond motifs is 3. The standard InChI is InChI=1S/C23H25FN2O2.C23H25FN2O.C22H24FN3O.C6H8/c1-23(2)13-4-14-26-20(21(27)16-7-11-18(28-3)12-8-16)19(25-22(23)26)15-5-9-17(24)10-6-15;1-23(2)13-4-14-26-20(15-16-5-11-19(27-3)12-6-16)21(25-22(23)26)17-7-9-18(24)10-8-17;1-22(2)21-25-20(16-6-8-17(23)9-7-16)19(26(21)13-12-24-22)14-15-4-10-18(27-3)11-5-15;1-2-4-6-5-3-1/h5-12,21,27H,4,13-14H2,1-3H3;5-12H,4,13-15H2,1-3H3;4-11,24H,12-14H2,1-3H3;1-2,5-6H,3-4H2. The van der Waals surface area contributed by atoms with E-state index in [1.807, 2.05) is 72.8 Å². The van der Waals surface area contributed by atoms with Gasteiger partial charge in [0, 0.05) is 77.9 Å². The van der Waals surface area contributed by atoms with Gasteiger partial charge in [-0.3, -0.25) is 0 Å². The smallest absolute Gasteiger partial charge is 0.129 e. The molecule has 1 atom stereocenters. The molecule has 6 aromatic carbocycles. The van der Waals surface area contributed by atoms with Gasteiger partial charge in [-0.05, 0) is 178 Å². The van der Waals surface area contributed by atoms with E-state index < -0.39 is 6.10 Å². The Hall–Kier alpha value is -8.46. The van der Waals surface area contributed by atoms with Crippen molar-refractivity contribution in [2.75, 3.05) is 27.9 Å². The van der Waals surface area contributed by atoms with Gasteiger partial charge in [-0.2, -0.15) is 0 Å². The molecule has 0 bridgehead atoms. The van der Waals surface area contributed by atoms with Crippen LogP contribution in [0, 0.1) is 17.5 Å². The van der Waals surface area contributed by atoms with Crippen molar-refractivity contribution in [3.8, 4) is 51.0 Å². The fourth-order valence-corrected chi connectivity index (χ4v) is 12.3. The average molecular weight is 1190 g/mol. The first-order valence-corrected chi connectivity index (χ1v) is 30.6. The maximum Gasteiger partial charge on any atom is 0.129 e. The predicted octanol–water partition coefficient (Wildman–Crippen LogP) is 16.2. The van der Waals surface area contributed by atoms with E-state index in [4.69, 9.17) is 29.2 Å². The van der Waals surface area contributed by atoms with Crippen molar-refractivity contribution in [1.29, 1.82) is 0 Å². The summed E-state index contributed by atoms with van der Waals surface area (Å²) in [4.78, 5) is 15.0. The lowest BCUT2D eigenvalue weighted by Crippen LogP contribution is -2.45. The van der Waals surface area contributed by atoms with Crippen LogP contribution in [0.15, 0.2) is 170 Å². The van der Waals surface area contributed by atoms with Gasteiger partial charge in [0.25, 0.3) is 0 Å². The Kier molecular flexibility index (Phi) is 19.4. The van der Waals surface area contributed by atoms with E-state index in [-0.39, 0.29) is 33.8 Å². The first-order chi connectivity index (χ1) is 42.4. The second kappa shape index (κ2) is 27.3. The molecule has 6 heterocycles. The molecule has 3 aliphatic heterocycles. The molecule has 3 aromatic heterocycles. The van der Waals surface area contributed by atoms with Crippen LogP contribution in [-0.4, -0.2) is 61.6 Å². The van der Waals surface area contributed by atoms with Crippen molar-refractivity contribution in [1.82, 2.24) is 34.0 Å². The van der Waals surface area contributed by atoms with Crippen molar-refractivity contribution < 1.29 is 32.5 Å². The average Bonchev–Trinajstić information content (AvgIpc) is 2.57. The van der Waals surface area contributed by atoms with Gasteiger partial charge in [-0.1, -0.05) is 88.4 Å². The second-order valence-corrected chi connectivity index (χ2v) is 24.8. The summed E-state index contributed by atoms with van der Waals surface area (Å²) in [5.74, 6) is 4.83. The molecule has 0 spiro atoms. The van der Waals surface area contributed by atoms with Crippen LogP contribution in [-0.2, 0) is 48.8 Å². The molecule has 458 valence electrons. The molecule has 88 heavy (non-hydrogen) atoms. The number of allylic oxidation sites excluding steroid dienone is 4. The molecule has 0 saturated heterocycles. The molecule has 1 aliphatic carbocycles. The summed E-state index contributed by atoms with van der Waals surface area (Å²) in [7, 11) is 4.97. The fourth-order valence-electron chi connectivity index (χ4n) is 12.3. The third-order valence-corrected chi connectivity index (χ3v) is 17.2. The lowest BCUT2D eigenvalue weighted by atomic mass is 9.84. The van der Waals surface area contributed by atoms with E-state index in [0.717, 1.165) is 157 Å². The van der Waals surface area contributed by atoms with E-state index in [1.165, 1.54) is 53.2 Å². The van der Waals surface area contributed by atoms with Crippen molar-refractivity contribution >= 4 is 0 Å². The number of imidazole rings is 3. The molecule has 0 radical (unpaired) electrons. The van der Waals surface area contributed by atoms with Crippen LogP contribution in [0.3, 0.4) is 0 Å². The van der Waals surface area contributed by atoms with E-state index in [0.29, 0.717) is 5.69 Å². The number of aliphatic hydroxyl groups is 1. The minimum absolute atomic E-state index is 0.0468. The molecule has 1 unspecified atom stereocenters. The van der Waals surface area contributed by atoms with E-state index in [2.05, 4.69) is 109 Å². The molecular formula is C74H82F3N7O4. The summed E-state index contributed by atoms with van der Waals surface area (Å²) in [6.07, 6.45) is 16.1. The third kappa shape index (κ3) is 14.3. The molecule has 4 aliphatic rings. The van der Waals surface area contributed by atoms with Crippen molar-refractivity contribution in [2.24, 2.45) is 0 Å². The zero-order chi connectivity index (χ0) is 62.2. The summed E-state index contributed by atoms with van der Waals surface area (Å²) in [6.45, 7) is 16.8. The zero-order valence-electron chi connectivity index (χ0n) is 52.2. The Balaban J connectivity index is 0.000000139. The highest BCUT2D eigenvalue weighted by Crippen LogP contribution is 2.42. The van der Waals surface area contributed by atoms with Gasteiger partial charge < -0.3 is 38.3 Å². The highest BCUT2D eigenvalue weighted by Gasteiger charge is 2.37. The Labute approximate surface area is 516 Å². The van der Waals surface area contributed by atoms with Gasteiger partial charge in [0.2, 0.25) is 0 Å². The molecule has 13 rings (SSSR count). The van der Waals surface area contributed by atoms with Crippen LogP contribution in [0.4, 0.5) is 13.2 Å². The van der Waals surface area contributed by atoms with Gasteiger partial charge in [-0.25, -0.2) is 28.1 Å². The molecule has 9 aromatic rings. The monoisotopic (exact) mass is 1190 g/mol. The Morgan fingerprint density at radius 2 is 0.830 bits per heavy atom. The highest BCUT2D eigenvalue weighted by atomic mass is 19.1. The summed E-state index contributed by atoms with van der Waals surface area (Å²) >= 11 is 0. The molecule has 11 nitrogen and oxygen atoms in total. The number of aromatic nitrogens is 6. The predicted molar refractivity (Wildman–Crippen MR) is 345 cm³/mol. The minimum Gasteiger partial charge on any atom is -0.497 e. The number of ether oxygens (including phenoxy) is 3. The summed E-state index contributed by atoms with van der Waals surface area (Å²) in [5, 5.41) is 14.8. The number of nitrogens with zero attached hydrogens (tertiary/aromatic N) is 6. The quantitative estimate of drug-likeness (QED) is 0.116. The maximum atomic E-state index is 13.5. The number of halogens is 3. The first kappa shape index (κ1) is 62.6. The van der Waals surface area contributed by atoms with Gasteiger partial charge in [0.1, 0.15) is 58.3 Å². The summed E-state index contributed by atoms with van der Waals surface area (Å²) in [6, 6.07) is 43.3. The largest absolute Gasteiger partial charge is 0.497 e.